The van der Waals surface area contributed by atoms with Crippen molar-refractivity contribution in [3.63, 3.8) is 0 Å². The van der Waals surface area contributed by atoms with Crippen molar-refractivity contribution in [1.82, 2.24) is 0 Å². The molecule has 0 aliphatic rings. The molecule has 0 aliphatic carbocycles. The van der Waals surface area contributed by atoms with Crippen LogP contribution in [0, 0.1) is 0 Å². The van der Waals surface area contributed by atoms with Gasteiger partial charge in [0, 0.05) is 4.47 Å². The van der Waals surface area contributed by atoms with E-state index in [0.29, 0.717) is 22.6 Å². The Bertz CT molecular complexity index is 497. The Kier molecular flexibility index (Phi) is 1.62. The number of hydrogen-bond donors (Lipinski definition) is 0. The molecule has 0 saturated heterocycles. The van der Waals surface area contributed by atoms with E-state index in [9.17, 15) is 0 Å². The summed E-state index contributed by atoms with van der Waals surface area (Å²) in [6.07, 6.45) is 0. The molecule has 0 bridgehead atoms. The number of hydrogen-bond acceptors (Lipinski definition) is 0. The average Bonchev–Trinajstić information content (AvgIpc) is 2.26. The number of benzene rings is 2. The Morgan fingerprint density at radius 1 is 0.923 bits per heavy atom. The van der Waals surface area contributed by atoms with Crippen LogP contribution in [-0.2, 0) is 0 Å². The molecule has 0 radical (unpaired) electrons. The van der Waals surface area contributed by atoms with Crippen LogP contribution in [0.15, 0.2) is 59.0 Å². The zero-order valence-corrected chi connectivity index (χ0v) is 8.43. The molecule has 13 heavy (non-hydrogen) atoms. The topological polar surface area (TPSA) is 0 Å². The summed E-state index contributed by atoms with van der Waals surface area (Å²) in [6, 6.07) is 11.5. The van der Waals surface area contributed by atoms with Crippen LogP contribution in [-0.4, -0.2) is 0 Å². The largest absolute Gasteiger partial charge is 0.0635 e. The van der Waals surface area contributed by atoms with Crippen molar-refractivity contribution in [2.24, 2.45) is 0 Å². The summed E-state index contributed by atoms with van der Waals surface area (Å²) in [4.78, 5) is 0. The van der Waals surface area contributed by atoms with E-state index < -0.39 is 0 Å². The molecule has 1 heteroatoms. The van der Waals surface area contributed by atoms with Gasteiger partial charge >= 0.3 is 0 Å². The highest BCUT2D eigenvalue weighted by atomic mass is 79.9. The van der Waals surface area contributed by atoms with E-state index in [0.717, 1.165) is 11.1 Å². The maximum absolute atomic E-state index is 7.69. The monoisotopic (exact) mass is 235 g/mol. The first-order valence-electron chi connectivity index (χ1n) is 5.42. The lowest BCUT2D eigenvalue weighted by molar-refractivity contribution is 1.59. The minimum absolute atomic E-state index is 0.303. The van der Waals surface area contributed by atoms with Crippen molar-refractivity contribution in [3.05, 3.63) is 59.0 Å². The van der Waals surface area contributed by atoms with Gasteiger partial charge in [0.2, 0.25) is 0 Å². The molecule has 64 valence electrons. The normalized spacial score (nSPS) is 13.2. The first kappa shape index (κ1) is 5.61. The summed E-state index contributed by atoms with van der Waals surface area (Å²) in [5, 5.41) is 0. The summed E-state index contributed by atoms with van der Waals surface area (Å²) in [5.41, 5.74) is 1.75. The standard InChI is InChI=1S/C12H9Br/c13-12-8-6-11(7-9-12)10-4-2-1-3-5-10/h1-9H/i1D,8D,9D. The molecule has 0 aliphatic heterocycles. The smallest absolute Gasteiger partial charge is 0.0622 e. The van der Waals surface area contributed by atoms with Gasteiger partial charge in [-0.2, -0.15) is 0 Å². The minimum atomic E-state index is 0.303. The predicted molar refractivity (Wildman–Crippen MR) is 59.6 cm³/mol. The lowest BCUT2D eigenvalue weighted by Crippen LogP contribution is -1.75. The van der Waals surface area contributed by atoms with Gasteiger partial charge in [-0.05, 0) is 23.2 Å². The fourth-order valence-electron chi connectivity index (χ4n) is 1.11. The van der Waals surface area contributed by atoms with Gasteiger partial charge in [-0.1, -0.05) is 58.4 Å². The number of rotatable bonds is 1. The van der Waals surface area contributed by atoms with Crippen molar-refractivity contribution >= 4 is 15.9 Å². The Balaban J connectivity index is 2.52. The van der Waals surface area contributed by atoms with E-state index >= 15 is 0 Å². The highest BCUT2D eigenvalue weighted by molar-refractivity contribution is 9.10. The highest BCUT2D eigenvalue weighted by Crippen LogP contribution is 2.20. The van der Waals surface area contributed by atoms with E-state index in [1.54, 1.807) is 24.3 Å². The fourth-order valence-corrected chi connectivity index (χ4v) is 1.34. The molecule has 0 nitrogen and oxygen atoms in total. The first-order valence-corrected chi connectivity index (χ1v) is 4.71. The van der Waals surface area contributed by atoms with Gasteiger partial charge in [0.1, 0.15) is 0 Å². The lowest BCUT2D eigenvalue weighted by atomic mass is 10.1. The minimum Gasteiger partial charge on any atom is -0.0622 e. The van der Waals surface area contributed by atoms with Gasteiger partial charge in [0.25, 0.3) is 0 Å². The summed E-state index contributed by atoms with van der Waals surface area (Å²) in [5.74, 6) is 0. The zero-order chi connectivity index (χ0) is 11.7. The van der Waals surface area contributed by atoms with E-state index in [2.05, 4.69) is 15.9 Å². The third-order valence-electron chi connectivity index (χ3n) is 1.76. The fraction of sp³-hybridized carbons (Fsp3) is 0. The molecule has 0 aromatic heterocycles. The molecule has 2 aromatic carbocycles. The molecule has 0 heterocycles. The van der Waals surface area contributed by atoms with Crippen molar-refractivity contribution in [3.8, 4) is 11.1 Å². The summed E-state index contributed by atoms with van der Waals surface area (Å²) in [6.45, 7) is 0. The summed E-state index contributed by atoms with van der Waals surface area (Å²) >= 11 is 3.19. The maximum atomic E-state index is 7.69. The third kappa shape index (κ3) is 1.99. The second kappa shape index (κ2) is 3.75. The number of halogens is 1. The van der Waals surface area contributed by atoms with Crippen LogP contribution >= 0.6 is 15.9 Å². The molecule has 0 amide bonds. The molecule has 0 saturated carbocycles. The van der Waals surface area contributed by atoms with Crippen molar-refractivity contribution in [2.75, 3.05) is 0 Å². The van der Waals surface area contributed by atoms with Crippen LogP contribution in [0.3, 0.4) is 0 Å². The predicted octanol–water partition coefficient (Wildman–Crippen LogP) is 4.12. The molecule has 2 aromatic rings. The molecule has 0 unspecified atom stereocenters. The molecular weight excluding hydrogens is 224 g/mol. The summed E-state index contributed by atoms with van der Waals surface area (Å²) < 4.78 is 23.3. The molecular formula is C12H9Br. The Morgan fingerprint density at radius 2 is 1.46 bits per heavy atom. The van der Waals surface area contributed by atoms with Gasteiger partial charge in [-0.15, -0.1) is 0 Å². The third-order valence-corrected chi connectivity index (χ3v) is 2.22. The van der Waals surface area contributed by atoms with Gasteiger partial charge in [0.15, 0.2) is 0 Å². The van der Waals surface area contributed by atoms with Gasteiger partial charge < -0.3 is 0 Å². The van der Waals surface area contributed by atoms with Gasteiger partial charge in [-0.25, -0.2) is 0 Å². The SMILES string of the molecule is [2H]c1ccc(-c2cc([2H])c(Br)c([2H])c2)cc1. The molecule has 0 atom stereocenters. The van der Waals surface area contributed by atoms with Gasteiger partial charge in [0.05, 0.1) is 4.11 Å². The maximum Gasteiger partial charge on any atom is 0.0635 e. The Labute approximate surface area is 90.6 Å². The molecule has 0 N–H and O–H groups in total. The van der Waals surface area contributed by atoms with Crippen LogP contribution in [0.1, 0.15) is 4.11 Å². The van der Waals surface area contributed by atoms with Crippen LogP contribution < -0.4 is 0 Å². The first-order chi connectivity index (χ1) is 7.58. The van der Waals surface area contributed by atoms with E-state index in [1.807, 2.05) is 12.1 Å². The highest BCUT2D eigenvalue weighted by Gasteiger charge is 1.94. The van der Waals surface area contributed by atoms with E-state index in [1.165, 1.54) is 0 Å². The molecule has 0 spiro atoms. The molecule has 2 rings (SSSR count). The van der Waals surface area contributed by atoms with Crippen molar-refractivity contribution in [2.45, 2.75) is 0 Å². The average molecular weight is 236 g/mol. The van der Waals surface area contributed by atoms with E-state index in [-0.39, 0.29) is 0 Å². The summed E-state index contributed by atoms with van der Waals surface area (Å²) in [7, 11) is 0. The van der Waals surface area contributed by atoms with Crippen molar-refractivity contribution < 1.29 is 4.11 Å². The van der Waals surface area contributed by atoms with Crippen molar-refractivity contribution in [1.29, 1.82) is 0 Å². The Hall–Kier alpha value is -1.08. The van der Waals surface area contributed by atoms with Gasteiger partial charge in [-0.3, -0.25) is 0 Å². The molecule has 0 fully saturated rings. The van der Waals surface area contributed by atoms with Crippen LogP contribution in [0.25, 0.3) is 11.1 Å². The quantitative estimate of drug-likeness (QED) is 0.698. The Morgan fingerprint density at radius 3 is 2.08 bits per heavy atom. The second-order valence-electron chi connectivity index (χ2n) is 2.64. The van der Waals surface area contributed by atoms with Crippen LogP contribution in [0.2, 0.25) is 0 Å². The van der Waals surface area contributed by atoms with E-state index in [4.69, 9.17) is 4.11 Å². The second-order valence-corrected chi connectivity index (χ2v) is 3.43. The zero-order valence-electron chi connectivity index (χ0n) is 9.84. The van der Waals surface area contributed by atoms with Crippen LogP contribution in [0.5, 0.6) is 0 Å². The van der Waals surface area contributed by atoms with Crippen LogP contribution in [0.4, 0.5) is 0 Å². The lowest BCUT2D eigenvalue weighted by Gasteiger charge is -2.00.